The summed E-state index contributed by atoms with van der Waals surface area (Å²) in [6.07, 6.45) is -0.287. The van der Waals surface area contributed by atoms with Gasteiger partial charge in [-0.1, -0.05) is 11.6 Å². The smallest absolute Gasteiger partial charge is 0.238 e. The summed E-state index contributed by atoms with van der Waals surface area (Å²) in [5.74, 6) is -0.497. The Kier molecular flexibility index (Phi) is 4.95. The van der Waals surface area contributed by atoms with Gasteiger partial charge in [0.1, 0.15) is 12.5 Å². The Morgan fingerprint density at radius 1 is 1.41 bits per heavy atom. The molecular formula is C10H4Br2ClN3O. The van der Waals surface area contributed by atoms with Crippen LogP contribution in [0.1, 0.15) is 12.0 Å². The van der Waals surface area contributed by atoms with E-state index in [1.165, 1.54) is 0 Å². The fourth-order valence-corrected chi connectivity index (χ4v) is 2.53. The quantitative estimate of drug-likeness (QED) is 0.800. The van der Waals surface area contributed by atoms with Crippen molar-refractivity contribution in [1.82, 2.24) is 0 Å². The van der Waals surface area contributed by atoms with Crippen molar-refractivity contribution in [2.45, 2.75) is 6.42 Å². The molecule has 0 radical (unpaired) electrons. The number of carbonyl (C=O) groups is 1. The van der Waals surface area contributed by atoms with E-state index >= 15 is 0 Å². The summed E-state index contributed by atoms with van der Waals surface area (Å²) in [5, 5.41) is 20.1. The Balaban J connectivity index is 3.25. The van der Waals surface area contributed by atoms with Crippen molar-refractivity contribution in [3.8, 4) is 12.1 Å². The molecule has 0 fully saturated rings. The second kappa shape index (κ2) is 6.02. The first-order valence-corrected chi connectivity index (χ1v) is 6.22. The number of hydrogen-bond donors (Lipinski definition) is 1. The molecule has 86 valence electrons. The maximum Gasteiger partial charge on any atom is 0.238 e. The average Bonchev–Trinajstić information content (AvgIpc) is 2.27. The van der Waals surface area contributed by atoms with Crippen LogP contribution in [0.3, 0.4) is 0 Å². The highest BCUT2D eigenvalue weighted by Gasteiger charge is 2.16. The van der Waals surface area contributed by atoms with Gasteiger partial charge in [-0.15, -0.1) is 0 Å². The molecule has 0 aliphatic carbocycles. The zero-order valence-corrected chi connectivity index (χ0v) is 12.1. The minimum absolute atomic E-state index is 0.138. The van der Waals surface area contributed by atoms with Crippen molar-refractivity contribution in [2.75, 3.05) is 5.32 Å². The summed E-state index contributed by atoms with van der Waals surface area (Å²) in [5.41, 5.74) is 0.403. The fourth-order valence-electron chi connectivity index (χ4n) is 1.08. The molecule has 0 aliphatic heterocycles. The third-order valence-corrected chi connectivity index (χ3v) is 3.66. The number of rotatable bonds is 2. The number of nitrogens with zero attached hydrogens (tertiary/aromatic N) is 2. The van der Waals surface area contributed by atoms with Crippen LogP contribution in [0.25, 0.3) is 0 Å². The lowest BCUT2D eigenvalue weighted by molar-refractivity contribution is -0.115. The van der Waals surface area contributed by atoms with E-state index in [0.717, 1.165) is 0 Å². The molecule has 0 saturated carbocycles. The Morgan fingerprint density at radius 3 is 2.59 bits per heavy atom. The molecule has 1 aromatic rings. The molecule has 0 aromatic heterocycles. The van der Waals surface area contributed by atoms with Gasteiger partial charge in [0.15, 0.2) is 0 Å². The van der Waals surface area contributed by atoms with Gasteiger partial charge < -0.3 is 5.32 Å². The number of anilines is 1. The number of hydrogen-bond acceptors (Lipinski definition) is 3. The predicted molar refractivity (Wildman–Crippen MR) is 70.4 cm³/mol. The maximum absolute atomic E-state index is 11.3. The van der Waals surface area contributed by atoms with E-state index in [0.29, 0.717) is 8.95 Å². The Hall–Kier alpha value is -1.08. The standard InChI is InChI=1S/C10H4Br2ClN3O/c11-6-3-7(12)10(5(4-15)9(6)13)16-8(17)1-2-14/h3H,1H2,(H,16,17). The highest BCUT2D eigenvalue weighted by molar-refractivity contribution is 9.11. The van der Waals surface area contributed by atoms with Gasteiger partial charge in [0, 0.05) is 8.95 Å². The predicted octanol–water partition coefficient (Wildman–Crippen LogP) is 3.59. The minimum atomic E-state index is -0.497. The van der Waals surface area contributed by atoms with Crippen molar-refractivity contribution in [3.63, 3.8) is 0 Å². The van der Waals surface area contributed by atoms with Crippen LogP contribution in [-0.4, -0.2) is 5.91 Å². The zero-order valence-electron chi connectivity index (χ0n) is 8.22. The van der Waals surface area contributed by atoms with Gasteiger partial charge in [-0.05, 0) is 37.9 Å². The lowest BCUT2D eigenvalue weighted by Gasteiger charge is -2.10. The van der Waals surface area contributed by atoms with Crippen LogP contribution in [0.5, 0.6) is 0 Å². The first-order chi connectivity index (χ1) is 8.01. The van der Waals surface area contributed by atoms with Crippen molar-refractivity contribution < 1.29 is 4.79 Å². The summed E-state index contributed by atoms with van der Waals surface area (Å²) in [4.78, 5) is 11.3. The molecule has 7 heteroatoms. The van der Waals surface area contributed by atoms with E-state index in [1.54, 1.807) is 12.1 Å². The third kappa shape index (κ3) is 3.19. The van der Waals surface area contributed by atoms with E-state index in [1.807, 2.05) is 6.07 Å². The van der Waals surface area contributed by atoms with Crippen LogP contribution in [0, 0.1) is 22.7 Å². The summed E-state index contributed by atoms with van der Waals surface area (Å²) in [7, 11) is 0. The Morgan fingerprint density at radius 2 is 2.06 bits per heavy atom. The van der Waals surface area contributed by atoms with E-state index in [9.17, 15) is 4.79 Å². The number of carbonyl (C=O) groups excluding carboxylic acids is 1. The zero-order chi connectivity index (χ0) is 13.0. The van der Waals surface area contributed by atoms with Gasteiger partial charge in [0.25, 0.3) is 0 Å². The number of amides is 1. The topological polar surface area (TPSA) is 76.7 Å². The normalized spacial score (nSPS) is 9.24. The minimum Gasteiger partial charge on any atom is -0.323 e. The van der Waals surface area contributed by atoms with Crippen molar-refractivity contribution >= 4 is 55.1 Å². The number of nitriles is 2. The second-order valence-electron chi connectivity index (χ2n) is 2.90. The highest BCUT2D eigenvalue weighted by atomic mass is 79.9. The molecule has 1 N–H and O–H groups in total. The molecule has 0 bridgehead atoms. The van der Waals surface area contributed by atoms with Crippen molar-refractivity contribution in [2.24, 2.45) is 0 Å². The van der Waals surface area contributed by atoms with E-state index in [4.69, 9.17) is 22.1 Å². The molecule has 0 heterocycles. The van der Waals surface area contributed by atoms with E-state index in [2.05, 4.69) is 37.2 Å². The Labute approximate surface area is 119 Å². The lowest BCUT2D eigenvalue weighted by Crippen LogP contribution is -2.12. The SMILES string of the molecule is N#CCC(=O)Nc1c(Br)cc(Br)c(Cl)c1C#N. The van der Waals surface area contributed by atoms with Gasteiger partial charge in [0.2, 0.25) is 5.91 Å². The molecule has 0 spiro atoms. The van der Waals surface area contributed by atoms with Crippen molar-refractivity contribution in [3.05, 3.63) is 25.6 Å². The molecule has 4 nitrogen and oxygen atoms in total. The number of halogens is 3. The third-order valence-electron chi connectivity index (χ3n) is 1.79. The molecule has 0 atom stereocenters. The monoisotopic (exact) mass is 375 g/mol. The molecule has 0 aliphatic rings. The van der Waals surface area contributed by atoms with Crippen LogP contribution in [0.15, 0.2) is 15.0 Å². The lowest BCUT2D eigenvalue weighted by atomic mass is 10.2. The number of nitrogens with one attached hydrogen (secondary N) is 1. The van der Waals surface area contributed by atoms with E-state index < -0.39 is 5.91 Å². The molecule has 17 heavy (non-hydrogen) atoms. The molecule has 1 aromatic carbocycles. The van der Waals surface area contributed by atoms with Gasteiger partial charge in [0.05, 0.1) is 22.3 Å². The first-order valence-electron chi connectivity index (χ1n) is 4.25. The summed E-state index contributed by atoms with van der Waals surface area (Å²) < 4.78 is 1.05. The molecule has 1 rings (SSSR count). The van der Waals surface area contributed by atoms with Crippen LogP contribution in [-0.2, 0) is 4.79 Å². The highest BCUT2D eigenvalue weighted by Crippen LogP contribution is 2.37. The van der Waals surface area contributed by atoms with Gasteiger partial charge in [-0.3, -0.25) is 4.79 Å². The fraction of sp³-hybridized carbons (Fsp3) is 0.100. The maximum atomic E-state index is 11.3. The van der Waals surface area contributed by atoms with E-state index in [-0.39, 0.29) is 22.7 Å². The van der Waals surface area contributed by atoms with Crippen LogP contribution < -0.4 is 5.32 Å². The second-order valence-corrected chi connectivity index (χ2v) is 4.99. The summed E-state index contributed by atoms with van der Waals surface area (Å²) >= 11 is 12.3. The molecular weight excluding hydrogens is 373 g/mol. The average molecular weight is 377 g/mol. The first kappa shape index (κ1) is 14.0. The largest absolute Gasteiger partial charge is 0.323 e. The van der Waals surface area contributed by atoms with Crippen LogP contribution in [0.2, 0.25) is 5.02 Å². The summed E-state index contributed by atoms with van der Waals surface area (Å²) in [6, 6.07) is 5.24. The summed E-state index contributed by atoms with van der Waals surface area (Å²) in [6.45, 7) is 0. The molecule has 1 amide bonds. The van der Waals surface area contributed by atoms with Gasteiger partial charge in [-0.25, -0.2) is 0 Å². The molecule has 0 saturated heterocycles. The number of benzene rings is 1. The van der Waals surface area contributed by atoms with Crippen LogP contribution >= 0.6 is 43.5 Å². The molecule has 0 unspecified atom stereocenters. The Bertz CT molecular complexity index is 560. The van der Waals surface area contributed by atoms with Crippen molar-refractivity contribution in [1.29, 1.82) is 10.5 Å². The van der Waals surface area contributed by atoms with Crippen LogP contribution in [0.4, 0.5) is 5.69 Å². The van der Waals surface area contributed by atoms with Gasteiger partial charge >= 0.3 is 0 Å². The van der Waals surface area contributed by atoms with Gasteiger partial charge in [-0.2, -0.15) is 10.5 Å².